The number of furan rings is 1. The van der Waals surface area contributed by atoms with Crippen LogP contribution >= 0.6 is 47.2 Å². The molecule has 0 spiro atoms. The van der Waals surface area contributed by atoms with E-state index in [0.29, 0.717) is 30.8 Å². The predicted octanol–water partition coefficient (Wildman–Crippen LogP) is 4.95. The van der Waals surface area contributed by atoms with E-state index in [1.165, 1.54) is 16.7 Å². The highest BCUT2D eigenvalue weighted by Crippen LogP contribution is 2.34. The normalized spacial score (nSPS) is 15.5. The van der Waals surface area contributed by atoms with Crippen LogP contribution < -0.4 is 0 Å². The lowest BCUT2D eigenvalue weighted by Gasteiger charge is -2.14. The van der Waals surface area contributed by atoms with Gasteiger partial charge in [-0.1, -0.05) is 47.2 Å². The molecule has 0 unspecified atom stereocenters. The van der Waals surface area contributed by atoms with E-state index in [9.17, 15) is 9.59 Å². The number of thiocarbonyl (C=S) groups is 1. The quantitative estimate of drug-likeness (QED) is 0.331. The maximum absolute atomic E-state index is 12.6. The Hall–Kier alpha value is -1.84. The van der Waals surface area contributed by atoms with Crippen molar-refractivity contribution in [2.45, 2.75) is 6.42 Å². The van der Waals surface area contributed by atoms with Gasteiger partial charge in [0.25, 0.3) is 5.91 Å². The molecule has 1 aromatic heterocycles. The van der Waals surface area contributed by atoms with Gasteiger partial charge in [0.05, 0.1) is 41.1 Å². The van der Waals surface area contributed by atoms with Crippen LogP contribution in [0, 0.1) is 0 Å². The molecule has 1 saturated heterocycles. The Balaban J connectivity index is 1.64. The van der Waals surface area contributed by atoms with Crippen LogP contribution in [0.1, 0.15) is 12.2 Å². The monoisotopic (exact) mass is 471 g/mol. The largest absolute Gasteiger partial charge is 0.481 e. The van der Waals surface area contributed by atoms with Crippen LogP contribution in [0.2, 0.25) is 10.0 Å². The Kier molecular flexibility index (Phi) is 7.37. The minimum absolute atomic E-state index is 0.0854. The lowest BCUT2D eigenvalue weighted by atomic mass is 10.2. The van der Waals surface area contributed by atoms with Crippen molar-refractivity contribution in [3.63, 3.8) is 0 Å². The highest BCUT2D eigenvalue weighted by Gasteiger charge is 2.32. The van der Waals surface area contributed by atoms with Gasteiger partial charge in [-0.25, -0.2) is 0 Å². The SMILES string of the molecule is O=C(O)CCOCCN1C(=O)/C(=C/c2ccc(-c3ccc(Cl)c(Cl)c3)o2)SC1=S. The summed E-state index contributed by atoms with van der Waals surface area (Å²) in [4.78, 5) is 24.9. The first-order valence-corrected chi connectivity index (χ1v) is 10.4. The molecule has 1 fully saturated rings. The van der Waals surface area contributed by atoms with Crippen LogP contribution in [0.25, 0.3) is 17.4 Å². The summed E-state index contributed by atoms with van der Waals surface area (Å²) in [5.74, 6) is -0.0760. The molecule has 0 atom stereocenters. The Bertz CT molecular complexity index is 989. The molecule has 29 heavy (non-hydrogen) atoms. The van der Waals surface area contributed by atoms with Crippen molar-refractivity contribution in [3.05, 3.63) is 51.0 Å². The second-order valence-corrected chi connectivity index (χ2v) is 8.41. The molecule has 152 valence electrons. The smallest absolute Gasteiger partial charge is 0.305 e. The molecule has 2 aromatic rings. The van der Waals surface area contributed by atoms with Crippen molar-refractivity contribution in [2.75, 3.05) is 19.8 Å². The third-order valence-electron chi connectivity index (χ3n) is 3.90. The van der Waals surface area contributed by atoms with Gasteiger partial charge in [0.1, 0.15) is 15.8 Å². The standard InChI is InChI=1S/C19H15Cl2NO5S2/c20-13-3-1-11(9-14(13)21)15-4-2-12(27-15)10-16-18(25)22(19(28)29-16)6-8-26-7-5-17(23)24/h1-4,9-10H,5-8H2,(H,23,24)/b16-10-. The maximum atomic E-state index is 12.6. The lowest BCUT2D eigenvalue weighted by molar-refractivity contribution is -0.138. The minimum atomic E-state index is -0.933. The Labute approximate surface area is 186 Å². The second kappa shape index (κ2) is 9.77. The summed E-state index contributed by atoms with van der Waals surface area (Å²) in [6.45, 7) is 0.549. The number of carbonyl (C=O) groups is 2. The molecule has 10 heteroatoms. The average molecular weight is 472 g/mol. The number of benzene rings is 1. The summed E-state index contributed by atoms with van der Waals surface area (Å²) in [7, 11) is 0. The molecule has 1 aromatic carbocycles. The zero-order valence-corrected chi connectivity index (χ0v) is 18.0. The number of nitrogens with zero attached hydrogens (tertiary/aromatic N) is 1. The number of halogens is 2. The number of carboxylic acid groups (broad SMARTS) is 1. The number of carboxylic acids is 1. The van der Waals surface area contributed by atoms with Crippen molar-refractivity contribution < 1.29 is 23.8 Å². The fourth-order valence-corrected chi connectivity index (χ4v) is 4.06. The molecule has 0 aliphatic carbocycles. The van der Waals surface area contributed by atoms with Gasteiger partial charge in [0.15, 0.2) is 0 Å². The molecular weight excluding hydrogens is 457 g/mol. The zero-order chi connectivity index (χ0) is 21.0. The molecule has 6 nitrogen and oxygen atoms in total. The van der Waals surface area contributed by atoms with Crippen molar-refractivity contribution in [1.29, 1.82) is 0 Å². The molecule has 3 rings (SSSR count). The zero-order valence-electron chi connectivity index (χ0n) is 14.9. The number of hydrogen-bond acceptors (Lipinski definition) is 6. The van der Waals surface area contributed by atoms with E-state index in [1.807, 2.05) is 0 Å². The van der Waals surface area contributed by atoms with Crippen LogP contribution in [-0.4, -0.2) is 46.0 Å². The van der Waals surface area contributed by atoms with Crippen LogP contribution in [0.15, 0.2) is 39.7 Å². The van der Waals surface area contributed by atoms with Crippen molar-refractivity contribution in [3.8, 4) is 11.3 Å². The van der Waals surface area contributed by atoms with E-state index >= 15 is 0 Å². The number of hydrogen-bond donors (Lipinski definition) is 1. The van der Waals surface area contributed by atoms with Crippen LogP contribution in [0.5, 0.6) is 0 Å². The second-order valence-electron chi connectivity index (χ2n) is 5.92. The predicted molar refractivity (Wildman–Crippen MR) is 117 cm³/mol. The summed E-state index contributed by atoms with van der Waals surface area (Å²) in [6.07, 6.45) is 1.55. The fourth-order valence-electron chi connectivity index (χ4n) is 2.47. The van der Waals surface area contributed by atoms with Crippen LogP contribution in [0.4, 0.5) is 0 Å². The number of ether oxygens (including phenoxy) is 1. The molecule has 0 radical (unpaired) electrons. The number of amides is 1. The van der Waals surface area contributed by atoms with Gasteiger partial charge in [-0.3, -0.25) is 14.5 Å². The average Bonchev–Trinajstić information content (AvgIpc) is 3.23. The molecule has 2 heterocycles. The van der Waals surface area contributed by atoms with E-state index in [4.69, 9.17) is 49.7 Å². The van der Waals surface area contributed by atoms with Crippen molar-refractivity contribution in [1.82, 2.24) is 4.90 Å². The molecule has 0 saturated carbocycles. The number of carbonyl (C=O) groups excluding carboxylic acids is 1. The summed E-state index contributed by atoms with van der Waals surface area (Å²) in [5, 5.41) is 9.47. The Morgan fingerprint density at radius 2 is 2.03 bits per heavy atom. The summed E-state index contributed by atoms with van der Waals surface area (Å²) in [5.41, 5.74) is 0.769. The highest BCUT2D eigenvalue weighted by molar-refractivity contribution is 8.26. The third kappa shape index (κ3) is 5.61. The molecule has 1 amide bonds. The van der Waals surface area contributed by atoms with Crippen molar-refractivity contribution in [2.24, 2.45) is 0 Å². The topological polar surface area (TPSA) is 80.0 Å². The van der Waals surface area contributed by atoms with Crippen molar-refractivity contribution >= 4 is 69.5 Å². The van der Waals surface area contributed by atoms with Gasteiger partial charge in [0.2, 0.25) is 0 Å². The first kappa shape index (κ1) is 21.9. The van der Waals surface area contributed by atoms with E-state index < -0.39 is 5.97 Å². The first-order valence-electron chi connectivity index (χ1n) is 8.45. The van der Waals surface area contributed by atoms with Gasteiger partial charge in [-0.2, -0.15) is 0 Å². The molecule has 1 N–H and O–H groups in total. The van der Waals surface area contributed by atoms with Crippen LogP contribution in [0.3, 0.4) is 0 Å². The van der Waals surface area contributed by atoms with Gasteiger partial charge >= 0.3 is 5.97 Å². The molecular formula is C19H15Cl2NO5S2. The van der Waals surface area contributed by atoms with Gasteiger partial charge < -0.3 is 14.3 Å². The van der Waals surface area contributed by atoms with Crippen LogP contribution in [-0.2, 0) is 14.3 Å². The maximum Gasteiger partial charge on any atom is 0.305 e. The molecule has 1 aliphatic heterocycles. The summed E-state index contributed by atoms with van der Waals surface area (Å²) < 4.78 is 11.4. The van der Waals surface area contributed by atoms with E-state index in [2.05, 4.69) is 0 Å². The Morgan fingerprint density at radius 1 is 1.24 bits per heavy atom. The highest BCUT2D eigenvalue weighted by atomic mass is 35.5. The minimum Gasteiger partial charge on any atom is -0.481 e. The summed E-state index contributed by atoms with van der Waals surface area (Å²) >= 11 is 18.4. The van der Waals surface area contributed by atoms with E-state index in [1.54, 1.807) is 36.4 Å². The lowest BCUT2D eigenvalue weighted by Crippen LogP contribution is -2.31. The number of thioether (sulfide) groups is 1. The number of rotatable bonds is 8. The van der Waals surface area contributed by atoms with Gasteiger partial charge in [-0.15, -0.1) is 0 Å². The molecule has 1 aliphatic rings. The van der Waals surface area contributed by atoms with Gasteiger partial charge in [-0.05, 0) is 30.3 Å². The molecule has 0 bridgehead atoms. The first-order chi connectivity index (χ1) is 13.8. The number of aliphatic carboxylic acids is 1. The van der Waals surface area contributed by atoms with Gasteiger partial charge in [0, 0.05) is 11.6 Å². The Morgan fingerprint density at radius 3 is 2.76 bits per heavy atom. The van der Waals surface area contributed by atoms with E-state index in [0.717, 1.165) is 5.56 Å². The van der Waals surface area contributed by atoms with E-state index in [-0.39, 0.29) is 32.1 Å². The fraction of sp³-hybridized carbons (Fsp3) is 0.211. The summed E-state index contributed by atoms with van der Waals surface area (Å²) in [6, 6.07) is 8.71. The third-order valence-corrected chi connectivity index (χ3v) is 6.01.